The Labute approximate surface area is 115 Å². The van der Waals surface area contributed by atoms with E-state index in [1.807, 2.05) is 0 Å². The zero-order valence-corrected chi connectivity index (χ0v) is 11.6. The van der Waals surface area contributed by atoms with Crippen LogP contribution in [-0.2, 0) is 11.2 Å². The Kier molecular flexibility index (Phi) is 3.76. The highest BCUT2D eigenvalue weighted by atomic mass is 16.5. The zero-order valence-electron chi connectivity index (χ0n) is 11.6. The Hall–Kier alpha value is -1.06. The van der Waals surface area contributed by atoms with Gasteiger partial charge in [-0.1, -0.05) is 12.1 Å². The molecule has 2 aliphatic rings. The molecule has 3 rings (SSSR count). The molecule has 1 aromatic carbocycles. The van der Waals surface area contributed by atoms with Gasteiger partial charge in [0, 0.05) is 31.8 Å². The van der Waals surface area contributed by atoms with Gasteiger partial charge in [0.1, 0.15) is 0 Å². The van der Waals surface area contributed by atoms with E-state index in [0.717, 1.165) is 38.0 Å². The van der Waals surface area contributed by atoms with E-state index in [2.05, 4.69) is 30.1 Å². The van der Waals surface area contributed by atoms with E-state index in [1.165, 1.54) is 17.7 Å². The summed E-state index contributed by atoms with van der Waals surface area (Å²) in [5, 5.41) is 10.5. The number of rotatable bonds is 2. The van der Waals surface area contributed by atoms with Crippen LogP contribution in [0.3, 0.4) is 0 Å². The molecule has 2 atom stereocenters. The molecule has 2 heterocycles. The van der Waals surface area contributed by atoms with Crippen LogP contribution in [0, 0.1) is 5.92 Å². The maximum absolute atomic E-state index is 10.5. The standard InChI is InChI=1S/C16H23NO2/c1-17-8-2-4-12-10-13(6-7-15(12)17)16(18)14-5-3-9-19-11-14/h6-7,10,14,16,18H,2-5,8-9,11H2,1H3. The number of ether oxygens (including phenoxy) is 1. The predicted molar refractivity (Wildman–Crippen MR) is 76.5 cm³/mol. The van der Waals surface area contributed by atoms with Crippen LogP contribution in [0.5, 0.6) is 0 Å². The van der Waals surface area contributed by atoms with Crippen molar-refractivity contribution in [2.45, 2.75) is 31.8 Å². The molecule has 1 N–H and O–H groups in total. The highest BCUT2D eigenvalue weighted by molar-refractivity contribution is 5.56. The van der Waals surface area contributed by atoms with Gasteiger partial charge < -0.3 is 14.7 Å². The topological polar surface area (TPSA) is 32.7 Å². The van der Waals surface area contributed by atoms with Crippen LogP contribution >= 0.6 is 0 Å². The molecule has 0 radical (unpaired) electrons. The first-order valence-electron chi connectivity index (χ1n) is 7.35. The summed E-state index contributed by atoms with van der Waals surface area (Å²) in [6, 6.07) is 6.45. The van der Waals surface area contributed by atoms with Crippen LogP contribution in [-0.4, -0.2) is 31.9 Å². The summed E-state index contributed by atoms with van der Waals surface area (Å²) in [5.74, 6) is 0.258. The first kappa shape index (κ1) is 12.9. The fraction of sp³-hybridized carbons (Fsp3) is 0.625. The molecule has 1 fully saturated rings. The molecular formula is C16H23NO2. The minimum atomic E-state index is -0.377. The van der Waals surface area contributed by atoms with Gasteiger partial charge in [-0.2, -0.15) is 0 Å². The van der Waals surface area contributed by atoms with E-state index in [0.29, 0.717) is 6.61 Å². The van der Waals surface area contributed by atoms with Gasteiger partial charge in [0.25, 0.3) is 0 Å². The molecule has 2 unspecified atom stereocenters. The number of aliphatic hydroxyl groups is 1. The minimum absolute atomic E-state index is 0.258. The largest absolute Gasteiger partial charge is 0.388 e. The number of fused-ring (bicyclic) bond motifs is 1. The average Bonchev–Trinajstić information content (AvgIpc) is 2.47. The third kappa shape index (κ3) is 2.63. The summed E-state index contributed by atoms with van der Waals surface area (Å²) in [4.78, 5) is 2.30. The third-order valence-electron chi connectivity index (χ3n) is 4.44. The van der Waals surface area contributed by atoms with Crippen LogP contribution in [0.4, 0.5) is 5.69 Å². The van der Waals surface area contributed by atoms with Gasteiger partial charge in [0.15, 0.2) is 0 Å². The third-order valence-corrected chi connectivity index (χ3v) is 4.44. The molecule has 0 spiro atoms. The second-order valence-electron chi connectivity index (χ2n) is 5.84. The van der Waals surface area contributed by atoms with E-state index in [1.54, 1.807) is 0 Å². The van der Waals surface area contributed by atoms with Crippen molar-refractivity contribution in [3.05, 3.63) is 29.3 Å². The second kappa shape index (κ2) is 5.51. The van der Waals surface area contributed by atoms with Crippen LogP contribution in [0.25, 0.3) is 0 Å². The van der Waals surface area contributed by atoms with E-state index in [-0.39, 0.29) is 12.0 Å². The summed E-state index contributed by atoms with van der Waals surface area (Å²) >= 11 is 0. The molecule has 0 aliphatic carbocycles. The monoisotopic (exact) mass is 261 g/mol. The highest BCUT2D eigenvalue weighted by Gasteiger charge is 2.25. The van der Waals surface area contributed by atoms with Gasteiger partial charge in [0.05, 0.1) is 12.7 Å². The molecule has 0 aromatic heterocycles. The van der Waals surface area contributed by atoms with Crippen molar-refractivity contribution in [2.24, 2.45) is 5.92 Å². The molecule has 19 heavy (non-hydrogen) atoms. The summed E-state index contributed by atoms with van der Waals surface area (Å²) in [5.41, 5.74) is 3.76. The zero-order chi connectivity index (χ0) is 13.2. The molecule has 104 valence electrons. The first-order chi connectivity index (χ1) is 9.25. The van der Waals surface area contributed by atoms with Gasteiger partial charge in [-0.15, -0.1) is 0 Å². The summed E-state index contributed by atoms with van der Waals surface area (Å²) < 4.78 is 5.49. The number of anilines is 1. The van der Waals surface area contributed by atoms with Gasteiger partial charge >= 0.3 is 0 Å². The Morgan fingerprint density at radius 1 is 1.37 bits per heavy atom. The fourth-order valence-electron chi connectivity index (χ4n) is 3.28. The maximum Gasteiger partial charge on any atom is 0.0840 e. The summed E-state index contributed by atoms with van der Waals surface area (Å²) in [7, 11) is 2.14. The maximum atomic E-state index is 10.5. The summed E-state index contributed by atoms with van der Waals surface area (Å²) in [6.07, 6.45) is 4.09. The lowest BCUT2D eigenvalue weighted by atomic mass is 9.89. The van der Waals surface area contributed by atoms with Crippen molar-refractivity contribution in [2.75, 3.05) is 31.7 Å². The molecular weight excluding hydrogens is 238 g/mol. The molecule has 3 nitrogen and oxygen atoms in total. The number of benzene rings is 1. The van der Waals surface area contributed by atoms with E-state index < -0.39 is 0 Å². The van der Waals surface area contributed by atoms with E-state index in [9.17, 15) is 5.11 Å². The predicted octanol–water partition coefficient (Wildman–Crippen LogP) is 2.53. The van der Waals surface area contributed by atoms with Crippen LogP contribution < -0.4 is 4.90 Å². The number of aryl methyl sites for hydroxylation is 1. The molecule has 2 aliphatic heterocycles. The SMILES string of the molecule is CN1CCCc2cc(C(O)C3CCCOC3)ccc21. The van der Waals surface area contributed by atoms with E-state index >= 15 is 0 Å². The molecule has 1 aromatic rings. The van der Waals surface area contributed by atoms with Crippen molar-refractivity contribution < 1.29 is 9.84 Å². The van der Waals surface area contributed by atoms with Crippen molar-refractivity contribution in [3.8, 4) is 0 Å². The number of aliphatic hydroxyl groups excluding tert-OH is 1. The quantitative estimate of drug-likeness (QED) is 0.888. The Morgan fingerprint density at radius 3 is 3.05 bits per heavy atom. The lowest BCUT2D eigenvalue weighted by Gasteiger charge is -2.30. The lowest BCUT2D eigenvalue weighted by Crippen LogP contribution is -2.26. The van der Waals surface area contributed by atoms with Gasteiger partial charge in [-0.25, -0.2) is 0 Å². The number of hydrogen-bond donors (Lipinski definition) is 1. The van der Waals surface area contributed by atoms with Crippen LogP contribution in [0.1, 0.15) is 36.5 Å². The number of nitrogens with zero attached hydrogens (tertiary/aromatic N) is 1. The van der Waals surface area contributed by atoms with Crippen LogP contribution in [0.2, 0.25) is 0 Å². The summed E-state index contributed by atoms with van der Waals surface area (Å²) in [6.45, 7) is 2.67. The first-order valence-corrected chi connectivity index (χ1v) is 7.35. The Bertz CT molecular complexity index is 440. The molecule has 1 saturated heterocycles. The van der Waals surface area contributed by atoms with Crippen molar-refractivity contribution in [3.63, 3.8) is 0 Å². The second-order valence-corrected chi connectivity index (χ2v) is 5.84. The van der Waals surface area contributed by atoms with Gasteiger partial charge in [-0.3, -0.25) is 0 Å². The van der Waals surface area contributed by atoms with Crippen molar-refractivity contribution >= 4 is 5.69 Å². The molecule has 3 heteroatoms. The van der Waals surface area contributed by atoms with Crippen LogP contribution in [0.15, 0.2) is 18.2 Å². The van der Waals surface area contributed by atoms with Gasteiger partial charge in [0.2, 0.25) is 0 Å². The number of hydrogen-bond acceptors (Lipinski definition) is 3. The molecule has 0 saturated carbocycles. The molecule has 0 amide bonds. The van der Waals surface area contributed by atoms with E-state index in [4.69, 9.17) is 4.74 Å². The fourth-order valence-corrected chi connectivity index (χ4v) is 3.28. The van der Waals surface area contributed by atoms with Crippen molar-refractivity contribution in [1.29, 1.82) is 0 Å². The smallest absolute Gasteiger partial charge is 0.0840 e. The highest BCUT2D eigenvalue weighted by Crippen LogP contribution is 2.33. The Balaban J connectivity index is 1.81. The molecule has 0 bridgehead atoms. The Morgan fingerprint density at radius 2 is 2.26 bits per heavy atom. The normalized spacial score (nSPS) is 24.9. The average molecular weight is 261 g/mol. The van der Waals surface area contributed by atoms with Gasteiger partial charge in [-0.05, 0) is 42.9 Å². The van der Waals surface area contributed by atoms with Crippen molar-refractivity contribution in [1.82, 2.24) is 0 Å². The lowest BCUT2D eigenvalue weighted by molar-refractivity contribution is -0.00998. The minimum Gasteiger partial charge on any atom is -0.388 e.